The summed E-state index contributed by atoms with van der Waals surface area (Å²) in [7, 11) is 0. The molecule has 114 valence electrons. The van der Waals surface area contributed by atoms with Gasteiger partial charge in [-0.25, -0.2) is 0 Å². The van der Waals surface area contributed by atoms with Crippen molar-refractivity contribution in [2.75, 3.05) is 13.1 Å². The summed E-state index contributed by atoms with van der Waals surface area (Å²) < 4.78 is 0. The first-order valence-electron chi connectivity index (χ1n) is 7.16. The van der Waals surface area contributed by atoms with Gasteiger partial charge in [0, 0.05) is 36.8 Å². The second-order valence-corrected chi connectivity index (χ2v) is 6.10. The molecular formula is C15H21N3O3. The van der Waals surface area contributed by atoms with E-state index < -0.39 is 10.8 Å². The molecule has 21 heavy (non-hydrogen) atoms. The lowest BCUT2D eigenvalue weighted by Gasteiger charge is -2.34. The number of nitrogens with two attached hydrogens (primary N) is 1. The van der Waals surface area contributed by atoms with Gasteiger partial charge in [-0.15, -0.1) is 0 Å². The lowest BCUT2D eigenvalue weighted by Crippen LogP contribution is -2.38. The van der Waals surface area contributed by atoms with Gasteiger partial charge in [0.25, 0.3) is 5.69 Å². The first kappa shape index (κ1) is 15.4. The SMILES string of the molecule is CC1CC(C)CN(Cc2ccc(C(N)=O)cc2[N+](=O)[O-])C1. The predicted molar refractivity (Wildman–Crippen MR) is 79.8 cm³/mol. The zero-order valence-corrected chi connectivity index (χ0v) is 12.4. The van der Waals surface area contributed by atoms with Gasteiger partial charge in [-0.1, -0.05) is 19.9 Å². The third-order valence-corrected chi connectivity index (χ3v) is 3.90. The number of piperidine rings is 1. The number of nitro benzene ring substituents is 1. The topological polar surface area (TPSA) is 89.5 Å². The Morgan fingerprint density at radius 2 is 2.00 bits per heavy atom. The van der Waals surface area contributed by atoms with E-state index in [1.165, 1.54) is 12.5 Å². The molecule has 1 amide bonds. The number of benzene rings is 1. The van der Waals surface area contributed by atoms with Gasteiger partial charge in [0.05, 0.1) is 4.92 Å². The first-order valence-corrected chi connectivity index (χ1v) is 7.16. The second kappa shape index (κ2) is 6.22. The third kappa shape index (κ3) is 3.78. The average molecular weight is 291 g/mol. The van der Waals surface area contributed by atoms with E-state index in [4.69, 9.17) is 5.73 Å². The summed E-state index contributed by atoms with van der Waals surface area (Å²) in [6, 6.07) is 4.47. The van der Waals surface area contributed by atoms with Gasteiger partial charge in [-0.3, -0.25) is 19.8 Å². The number of carbonyl (C=O) groups is 1. The molecule has 6 nitrogen and oxygen atoms in total. The minimum Gasteiger partial charge on any atom is -0.366 e. The highest BCUT2D eigenvalue weighted by molar-refractivity contribution is 5.93. The maximum atomic E-state index is 11.2. The highest BCUT2D eigenvalue weighted by Gasteiger charge is 2.24. The van der Waals surface area contributed by atoms with Crippen molar-refractivity contribution in [1.82, 2.24) is 4.90 Å². The van der Waals surface area contributed by atoms with Gasteiger partial charge in [0.15, 0.2) is 0 Å². The van der Waals surface area contributed by atoms with Crippen LogP contribution < -0.4 is 5.73 Å². The zero-order chi connectivity index (χ0) is 15.6. The molecule has 0 saturated carbocycles. The van der Waals surface area contributed by atoms with Crippen LogP contribution >= 0.6 is 0 Å². The molecule has 2 atom stereocenters. The van der Waals surface area contributed by atoms with Crippen LogP contribution in [0.5, 0.6) is 0 Å². The molecule has 0 bridgehead atoms. The molecule has 0 aliphatic carbocycles. The van der Waals surface area contributed by atoms with Crippen LogP contribution in [0.15, 0.2) is 18.2 Å². The minimum absolute atomic E-state index is 0.0304. The van der Waals surface area contributed by atoms with Crippen molar-refractivity contribution < 1.29 is 9.72 Å². The number of rotatable bonds is 4. The standard InChI is InChI=1S/C15H21N3O3/c1-10-5-11(2)8-17(7-10)9-13-4-3-12(15(16)19)6-14(13)18(20)21/h3-4,6,10-11H,5,7-9H2,1-2H3,(H2,16,19). The quantitative estimate of drug-likeness (QED) is 0.680. The van der Waals surface area contributed by atoms with E-state index in [0.29, 0.717) is 23.9 Å². The summed E-state index contributed by atoms with van der Waals surface area (Å²) in [6.07, 6.45) is 1.19. The number of primary amides is 1. The van der Waals surface area contributed by atoms with Crippen molar-refractivity contribution in [3.63, 3.8) is 0 Å². The van der Waals surface area contributed by atoms with E-state index in [1.54, 1.807) is 12.1 Å². The Labute approximate surface area is 124 Å². The van der Waals surface area contributed by atoms with Crippen LogP contribution in [0.4, 0.5) is 5.69 Å². The van der Waals surface area contributed by atoms with Gasteiger partial charge in [-0.05, 0) is 24.3 Å². The van der Waals surface area contributed by atoms with E-state index in [9.17, 15) is 14.9 Å². The fraction of sp³-hybridized carbons (Fsp3) is 0.533. The molecule has 1 aliphatic heterocycles. The average Bonchev–Trinajstić information content (AvgIpc) is 2.37. The molecule has 0 spiro atoms. The molecule has 0 radical (unpaired) electrons. The van der Waals surface area contributed by atoms with E-state index in [0.717, 1.165) is 13.1 Å². The normalized spacial score (nSPS) is 23.0. The predicted octanol–water partition coefficient (Wildman–Crippen LogP) is 2.17. The van der Waals surface area contributed by atoms with Crippen molar-refractivity contribution in [2.24, 2.45) is 17.6 Å². The molecule has 6 heteroatoms. The number of carbonyl (C=O) groups excluding carboxylic acids is 1. The zero-order valence-electron chi connectivity index (χ0n) is 12.4. The van der Waals surface area contributed by atoms with Crippen LogP contribution in [-0.4, -0.2) is 28.8 Å². The maximum absolute atomic E-state index is 11.2. The second-order valence-electron chi connectivity index (χ2n) is 6.10. The van der Waals surface area contributed by atoms with Crippen LogP contribution in [0.1, 0.15) is 36.2 Å². The van der Waals surface area contributed by atoms with E-state index in [1.807, 2.05) is 0 Å². The molecule has 2 unspecified atom stereocenters. The fourth-order valence-corrected chi connectivity index (χ4v) is 3.18. The summed E-state index contributed by atoms with van der Waals surface area (Å²) in [5, 5.41) is 11.2. The van der Waals surface area contributed by atoms with Gasteiger partial charge in [0.2, 0.25) is 5.91 Å². The lowest BCUT2D eigenvalue weighted by molar-refractivity contribution is -0.385. The summed E-state index contributed by atoms with van der Waals surface area (Å²) in [4.78, 5) is 24.1. The molecule has 1 aromatic rings. The highest BCUT2D eigenvalue weighted by Crippen LogP contribution is 2.26. The number of likely N-dealkylation sites (tertiary alicyclic amines) is 1. The fourth-order valence-electron chi connectivity index (χ4n) is 3.18. The lowest BCUT2D eigenvalue weighted by atomic mass is 9.91. The molecule has 1 fully saturated rings. The van der Waals surface area contributed by atoms with Crippen LogP contribution in [0.2, 0.25) is 0 Å². The molecule has 1 aliphatic rings. The van der Waals surface area contributed by atoms with Crippen LogP contribution in [0, 0.1) is 22.0 Å². The van der Waals surface area contributed by atoms with E-state index in [2.05, 4.69) is 18.7 Å². The number of hydrogen-bond donors (Lipinski definition) is 1. The van der Waals surface area contributed by atoms with Gasteiger partial charge in [-0.2, -0.15) is 0 Å². The van der Waals surface area contributed by atoms with Crippen LogP contribution in [0.25, 0.3) is 0 Å². The van der Waals surface area contributed by atoms with Crippen molar-refractivity contribution in [1.29, 1.82) is 0 Å². The van der Waals surface area contributed by atoms with Crippen LogP contribution in [-0.2, 0) is 6.54 Å². The van der Waals surface area contributed by atoms with Gasteiger partial charge in [0.1, 0.15) is 0 Å². The van der Waals surface area contributed by atoms with Crippen molar-refractivity contribution >= 4 is 11.6 Å². The van der Waals surface area contributed by atoms with Crippen molar-refractivity contribution in [2.45, 2.75) is 26.8 Å². The molecule has 1 saturated heterocycles. The summed E-state index contributed by atoms with van der Waals surface area (Å²) in [5.41, 5.74) is 5.95. The summed E-state index contributed by atoms with van der Waals surface area (Å²) >= 11 is 0. The maximum Gasteiger partial charge on any atom is 0.274 e. The third-order valence-electron chi connectivity index (χ3n) is 3.90. The first-order chi connectivity index (χ1) is 9.86. The number of nitro groups is 1. The molecule has 1 aromatic carbocycles. The molecular weight excluding hydrogens is 270 g/mol. The summed E-state index contributed by atoms with van der Waals surface area (Å²) in [5.74, 6) is 0.542. The minimum atomic E-state index is -0.648. The Bertz CT molecular complexity index is 549. The Balaban J connectivity index is 2.23. The number of hydrogen-bond acceptors (Lipinski definition) is 4. The molecule has 2 N–H and O–H groups in total. The largest absolute Gasteiger partial charge is 0.366 e. The highest BCUT2D eigenvalue weighted by atomic mass is 16.6. The molecule has 0 aromatic heterocycles. The van der Waals surface area contributed by atoms with Crippen molar-refractivity contribution in [3.8, 4) is 0 Å². The van der Waals surface area contributed by atoms with Gasteiger partial charge >= 0.3 is 0 Å². The van der Waals surface area contributed by atoms with Gasteiger partial charge < -0.3 is 5.73 Å². The van der Waals surface area contributed by atoms with E-state index >= 15 is 0 Å². The smallest absolute Gasteiger partial charge is 0.274 e. The Hall–Kier alpha value is -1.95. The van der Waals surface area contributed by atoms with E-state index in [-0.39, 0.29) is 11.3 Å². The summed E-state index contributed by atoms with van der Waals surface area (Å²) in [6.45, 7) is 6.82. The Kier molecular flexibility index (Phi) is 4.57. The number of amides is 1. The number of nitrogens with zero attached hydrogens (tertiary/aromatic N) is 2. The van der Waals surface area contributed by atoms with Crippen molar-refractivity contribution in [3.05, 3.63) is 39.4 Å². The molecule has 1 heterocycles. The van der Waals surface area contributed by atoms with Crippen LogP contribution in [0.3, 0.4) is 0 Å². The Morgan fingerprint density at radius 3 is 2.52 bits per heavy atom. The monoisotopic (exact) mass is 291 g/mol. The molecule has 2 rings (SSSR count). The Morgan fingerprint density at radius 1 is 1.38 bits per heavy atom.